The molecule has 0 atom stereocenters. The molecular formula is C26H29F2N9O3. The van der Waals surface area contributed by atoms with E-state index in [4.69, 9.17) is 14.2 Å². The van der Waals surface area contributed by atoms with Crippen LogP contribution in [-0.2, 0) is 9.47 Å². The second-order valence-electron chi connectivity index (χ2n) is 9.27. The van der Waals surface area contributed by atoms with Gasteiger partial charge in [0.05, 0.1) is 49.3 Å². The number of morpholine rings is 2. The lowest BCUT2D eigenvalue weighted by molar-refractivity contribution is 0.0320. The van der Waals surface area contributed by atoms with E-state index in [0.29, 0.717) is 61.5 Å². The zero-order valence-electron chi connectivity index (χ0n) is 21.7. The fourth-order valence-electron chi connectivity index (χ4n) is 4.59. The molecule has 6 rings (SSSR count). The molecule has 40 heavy (non-hydrogen) atoms. The van der Waals surface area contributed by atoms with Crippen LogP contribution in [0.5, 0.6) is 5.88 Å². The van der Waals surface area contributed by atoms with Crippen LogP contribution in [-0.4, -0.2) is 100 Å². The molecule has 1 aromatic carbocycles. The van der Waals surface area contributed by atoms with Crippen LogP contribution >= 0.6 is 0 Å². The molecule has 2 fully saturated rings. The molecular weight excluding hydrogens is 524 g/mol. The monoisotopic (exact) mass is 553 g/mol. The van der Waals surface area contributed by atoms with Crippen molar-refractivity contribution in [2.45, 2.75) is 6.43 Å². The van der Waals surface area contributed by atoms with Crippen LogP contribution in [0, 0.1) is 0 Å². The second kappa shape index (κ2) is 12.0. The van der Waals surface area contributed by atoms with Crippen LogP contribution in [0.2, 0.25) is 0 Å². The van der Waals surface area contributed by atoms with Gasteiger partial charge >= 0.3 is 0 Å². The maximum absolute atomic E-state index is 14.1. The van der Waals surface area contributed by atoms with Crippen molar-refractivity contribution in [2.75, 3.05) is 76.0 Å². The summed E-state index contributed by atoms with van der Waals surface area (Å²) in [5.41, 5.74) is 1.51. The molecule has 3 aromatic heterocycles. The number of hydrogen-bond donors (Lipinski definition) is 1. The van der Waals surface area contributed by atoms with Crippen molar-refractivity contribution in [1.82, 2.24) is 34.4 Å². The molecule has 0 radical (unpaired) electrons. The summed E-state index contributed by atoms with van der Waals surface area (Å²) in [6, 6.07) is 10.4. The minimum Gasteiger partial charge on any atom is -0.476 e. The molecule has 0 aliphatic carbocycles. The fraction of sp³-hybridized carbons (Fsp3) is 0.423. The highest BCUT2D eigenvalue weighted by atomic mass is 19.3. The van der Waals surface area contributed by atoms with Gasteiger partial charge in [-0.1, -0.05) is 12.1 Å². The molecule has 0 unspecified atom stereocenters. The van der Waals surface area contributed by atoms with Crippen LogP contribution in [0.1, 0.15) is 12.2 Å². The third-order valence-corrected chi connectivity index (χ3v) is 6.64. The SMILES string of the molecule is FC(F)c1nc2ccccc2n1-c1nc(Nc2ccc(OCCN3CCOCC3)nc2)nc(N2CCOCC2)n1. The fourth-order valence-corrected chi connectivity index (χ4v) is 4.59. The first kappa shape index (κ1) is 26.2. The number of nitrogens with zero attached hydrogens (tertiary/aromatic N) is 8. The van der Waals surface area contributed by atoms with E-state index in [-0.39, 0.29) is 11.9 Å². The number of rotatable bonds is 9. The molecule has 14 heteroatoms. The molecule has 2 aliphatic heterocycles. The van der Waals surface area contributed by atoms with Crippen LogP contribution in [0.3, 0.4) is 0 Å². The van der Waals surface area contributed by atoms with Crippen molar-refractivity contribution in [1.29, 1.82) is 0 Å². The van der Waals surface area contributed by atoms with Gasteiger partial charge in [-0.3, -0.25) is 9.47 Å². The Morgan fingerprint density at radius 2 is 1.62 bits per heavy atom. The Hall–Kier alpha value is -4.01. The predicted octanol–water partition coefficient (Wildman–Crippen LogP) is 2.83. The summed E-state index contributed by atoms with van der Waals surface area (Å²) < 4.78 is 46.0. The van der Waals surface area contributed by atoms with E-state index < -0.39 is 12.2 Å². The second-order valence-corrected chi connectivity index (χ2v) is 9.27. The Balaban J connectivity index is 1.26. The number of pyridine rings is 1. The first-order valence-electron chi connectivity index (χ1n) is 13.1. The minimum absolute atomic E-state index is 0.0408. The predicted molar refractivity (Wildman–Crippen MR) is 143 cm³/mol. The van der Waals surface area contributed by atoms with Crippen LogP contribution in [0.4, 0.5) is 26.4 Å². The van der Waals surface area contributed by atoms with Gasteiger partial charge in [-0.25, -0.2) is 18.7 Å². The number of halogens is 2. The first-order valence-corrected chi connectivity index (χ1v) is 13.1. The molecule has 12 nitrogen and oxygen atoms in total. The van der Waals surface area contributed by atoms with Crippen LogP contribution in [0.25, 0.3) is 17.0 Å². The number of nitrogens with one attached hydrogen (secondary N) is 1. The summed E-state index contributed by atoms with van der Waals surface area (Å²) in [7, 11) is 0. The van der Waals surface area contributed by atoms with Crippen LogP contribution < -0.4 is 15.0 Å². The molecule has 2 saturated heterocycles. The highest BCUT2D eigenvalue weighted by molar-refractivity contribution is 5.77. The molecule has 210 valence electrons. The van der Waals surface area contributed by atoms with Crippen molar-refractivity contribution in [3.63, 3.8) is 0 Å². The lowest BCUT2D eigenvalue weighted by Crippen LogP contribution is -2.38. The van der Waals surface area contributed by atoms with Gasteiger partial charge in [0.1, 0.15) is 6.61 Å². The van der Waals surface area contributed by atoms with Crippen molar-refractivity contribution in [3.8, 4) is 11.8 Å². The summed E-state index contributed by atoms with van der Waals surface area (Å²) in [6.45, 7) is 6.74. The third kappa shape index (κ3) is 5.93. The van der Waals surface area contributed by atoms with Gasteiger partial charge in [-0.2, -0.15) is 15.0 Å². The first-order chi connectivity index (χ1) is 19.6. The highest BCUT2D eigenvalue weighted by Crippen LogP contribution is 2.28. The molecule has 0 saturated carbocycles. The number of benzene rings is 1. The van der Waals surface area contributed by atoms with Crippen molar-refractivity contribution in [3.05, 3.63) is 48.4 Å². The van der Waals surface area contributed by atoms with E-state index in [9.17, 15) is 8.78 Å². The Morgan fingerprint density at radius 1 is 0.875 bits per heavy atom. The van der Waals surface area contributed by atoms with Crippen molar-refractivity contribution >= 4 is 28.6 Å². The lowest BCUT2D eigenvalue weighted by Gasteiger charge is -2.27. The van der Waals surface area contributed by atoms with E-state index >= 15 is 0 Å². The van der Waals surface area contributed by atoms with Gasteiger partial charge in [-0.05, 0) is 18.2 Å². The van der Waals surface area contributed by atoms with Gasteiger partial charge in [0, 0.05) is 38.8 Å². The van der Waals surface area contributed by atoms with E-state index in [1.165, 1.54) is 4.57 Å². The van der Waals surface area contributed by atoms with Crippen molar-refractivity contribution in [2.24, 2.45) is 0 Å². The summed E-state index contributed by atoms with van der Waals surface area (Å²) in [5, 5.41) is 3.14. The topological polar surface area (TPSA) is 116 Å². The number of imidazole rings is 1. The van der Waals surface area contributed by atoms with Crippen LogP contribution in [0.15, 0.2) is 42.6 Å². The summed E-state index contributed by atoms with van der Waals surface area (Å²) in [6.07, 6.45) is -1.22. The van der Waals surface area contributed by atoms with E-state index in [1.807, 2.05) is 4.90 Å². The number of aromatic nitrogens is 6. The Bertz CT molecular complexity index is 1420. The van der Waals surface area contributed by atoms with Gasteiger partial charge in [0.25, 0.3) is 6.43 Å². The maximum Gasteiger partial charge on any atom is 0.296 e. The summed E-state index contributed by atoms with van der Waals surface area (Å²) >= 11 is 0. The quantitative estimate of drug-likeness (QED) is 0.330. The zero-order chi connectivity index (χ0) is 27.3. The maximum atomic E-state index is 14.1. The van der Waals surface area contributed by atoms with Gasteiger partial charge in [0.15, 0.2) is 5.82 Å². The van der Waals surface area contributed by atoms with Gasteiger partial charge < -0.3 is 24.4 Å². The van der Waals surface area contributed by atoms with Gasteiger partial charge in [-0.15, -0.1) is 0 Å². The van der Waals surface area contributed by atoms with Crippen molar-refractivity contribution < 1.29 is 23.0 Å². The highest BCUT2D eigenvalue weighted by Gasteiger charge is 2.24. The molecule has 5 heterocycles. The molecule has 1 N–H and O–H groups in total. The standard InChI is InChI=1S/C26H29F2N9O3/c27-22(28)23-31-19-3-1-2-4-20(19)37(23)26-33-24(32-25(34-26)36-10-14-39-15-11-36)30-18-5-6-21(29-17-18)40-16-9-35-7-12-38-13-8-35/h1-6,17,22H,7-16H2,(H,30,32,33,34). The Kier molecular flexibility index (Phi) is 7.88. The smallest absolute Gasteiger partial charge is 0.296 e. The normalized spacial score (nSPS) is 16.5. The summed E-state index contributed by atoms with van der Waals surface area (Å²) in [5.74, 6) is 0.637. The Labute approximate surface area is 228 Å². The minimum atomic E-state index is -2.83. The number of fused-ring (bicyclic) bond motifs is 1. The number of ether oxygens (including phenoxy) is 3. The third-order valence-electron chi connectivity index (χ3n) is 6.64. The van der Waals surface area contributed by atoms with E-state index in [0.717, 1.165) is 32.8 Å². The molecule has 4 aromatic rings. The summed E-state index contributed by atoms with van der Waals surface area (Å²) in [4.78, 5) is 26.4. The number of hydrogen-bond acceptors (Lipinski definition) is 11. The van der Waals surface area contributed by atoms with Gasteiger partial charge in [0.2, 0.25) is 23.7 Å². The molecule has 0 amide bonds. The largest absolute Gasteiger partial charge is 0.476 e. The molecule has 0 spiro atoms. The molecule has 2 aliphatic rings. The molecule has 0 bridgehead atoms. The Morgan fingerprint density at radius 3 is 2.38 bits per heavy atom. The number of anilines is 3. The number of para-hydroxylation sites is 2. The average Bonchev–Trinajstić information content (AvgIpc) is 3.39. The van der Waals surface area contributed by atoms with E-state index in [2.05, 4.69) is 35.1 Å². The number of alkyl halides is 2. The van der Waals surface area contributed by atoms with E-state index in [1.54, 1.807) is 42.6 Å². The zero-order valence-corrected chi connectivity index (χ0v) is 21.7. The average molecular weight is 554 g/mol. The lowest BCUT2D eigenvalue weighted by atomic mass is 10.3.